The molecule has 278 valence electrons. The standard InChI is InChI=1S/C43H49N3O7/c1-5-7-21-35(48)52-27-33(31-19-12-9-13-20-31)44-40(49)36-34-22-23-43(53-34)37(36)41(50)46(32(26-47)25-30-17-10-8-11-18-30)39(43)42(51)45(24-6-2)38-28(3)15-14-16-29(38)4/h5-6,8-20,32-34,36-37,39,47H,1-2,7,21-27H2,3-4H3,(H,44,49)/t32-,33-,34-,36+,37+,39-,43+/m1/s1. The smallest absolute Gasteiger partial charge is 0.306 e. The minimum atomic E-state index is -1.31. The number of allylic oxidation sites excluding steroid dienone is 1. The van der Waals surface area contributed by atoms with Gasteiger partial charge >= 0.3 is 5.97 Å². The largest absolute Gasteiger partial charge is 0.463 e. The van der Waals surface area contributed by atoms with E-state index in [0.717, 1.165) is 27.9 Å². The van der Waals surface area contributed by atoms with E-state index in [1.54, 1.807) is 17.1 Å². The molecule has 3 aliphatic rings. The Bertz CT molecular complexity index is 1810. The molecule has 53 heavy (non-hydrogen) atoms. The monoisotopic (exact) mass is 719 g/mol. The number of para-hydroxylation sites is 1. The van der Waals surface area contributed by atoms with Crippen LogP contribution in [0.4, 0.5) is 5.69 Å². The summed E-state index contributed by atoms with van der Waals surface area (Å²) >= 11 is 0. The number of hydrogen-bond donors (Lipinski definition) is 2. The van der Waals surface area contributed by atoms with Gasteiger partial charge < -0.3 is 29.7 Å². The number of ether oxygens (including phenoxy) is 2. The Labute approximate surface area is 311 Å². The van der Waals surface area contributed by atoms with Gasteiger partial charge in [0.15, 0.2) is 0 Å². The van der Waals surface area contributed by atoms with E-state index < -0.39 is 66.1 Å². The van der Waals surface area contributed by atoms with Crippen molar-refractivity contribution in [3.8, 4) is 0 Å². The molecule has 10 nitrogen and oxygen atoms in total. The Morgan fingerprint density at radius 3 is 2.34 bits per heavy atom. The number of nitrogens with zero attached hydrogens (tertiary/aromatic N) is 2. The molecule has 2 N–H and O–H groups in total. The number of carbonyl (C=O) groups is 4. The van der Waals surface area contributed by atoms with Crippen molar-refractivity contribution in [2.75, 3.05) is 24.7 Å². The third kappa shape index (κ3) is 7.30. The summed E-state index contributed by atoms with van der Waals surface area (Å²) in [5.41, 5.74) is 2.83. The molecule has 0 aliphatic carbocycles. The Hall–Kier alpha value is -5.06. The van der Waals surface area contributed by atoms with Crippen LogP contribution < -0.4 is 10.2 Å². The van der Waals surface area contributed by atoms with Crippen LogP contribution in [0.5, 0.6) is 0 Å². The van der Waals surface area contributed by atoms with E-state index in [4.69, 9.17) is 9.47 Å². The number of benzene rings is 3. The maximum atomic E-state index is 15.2. The van der Waals surface area contributed by atoms with Gasteiger partial charge in [-0.2, -0.15) is 0 Å². The molecule has 3 fully saturated rings. The Balaban J connectivity index is 1.38. The van der Waals surface area contributed by atoms with Crippen molar-refractivity contribution in [1.82, 2.24) is 10.2 Å². The van der Waals surface area contributed by atoms with Gasteiger partial charge in [0, 0.05) is 18.7 Å². The van der Waals surface area contributed by atoms with E-state index in [1.165, 1.54) is 4.90 Å². The van der Waals surface area contributed by atoms with Crippen molar-refractivity contribution >= 4 is 29.4 Å². The molecule has 2 bridgehead atoms. The number of likely N-dealkylation sites (tertiary alicyclic amines) is 1. The van der Waals surface area contributed by atoms with Crippen molar-refractivity contribution in [3.63, 3.8) is 0 Å². The fraction of sp³-hybridized carbons (Fsp3) is 0.395. The molecule has 0 saturated carbocycles. The summed E-state index contributed by atoms with van der Waals surface area (Å²) in [6.45, 7) is 11.2. The van der Waals surface area contributed by atoms with Gasteiger partial charge in [-0.25, -0.2) is 0 Å². The number of esters is 1. The quantitative estimate of drug-likeness (QED) is 0.155. The third-order valence-corrected chi connectivity index (χ3v) is 11.0. The van der Waals surface area contributed by atoms with Crippen LogP contribution in [0.1, 0.15) is 54.0 Å². The normalized spacial score (nSPS) is 23.9. The number of aryl methyl sites for hydroxylation is 2. The van der Waals surface area contributed by atoms with E-state index in [2.05, 4.69) is 18.5 Å². The van der Waals surface area contributed by atoms with Gasteiger partial charge in [-0.15, -0.1) is 13.2 Å². The second-order valence-corrected chi connectivity index (χ2v) is 14.3. The summed E-state index contributed by atoms with van der Waals surface area (Å²) in [5.74, 6) is -3.46. The van der Waals surface area contributed by atoms with Gasteiger partial charge in [0.2, 0.25) is 11.8 Å². The fourth-order valence-electron chi connectivity index (χ4n) is 8.64. The summed E-state index contributed by atoms with van der Waals surface area (Å²) in [5, 5.41) is 14.0. The molecule has 3 aromatic carbocycles. The van der Waals surface area contributed by atoms with Gasteiger partial charge in [0.1, 0.15) is 18.2 Å². The minimum absolute atomic E-state index is 0.100. The zero-order chi connectivity index (χ0) is 37.7. The van der Waals surface area contributed by atoms with Crippen LogP contribution in [-0.4, -0.2) is 77.2 Å². The predicted molar refractivity (Wildman–Crippen MR) is 202 cm³/mol. The summed E-state index contributed by atoms with van der Waals surface area (Å²) < 4.78 is 12.4. The number of anilines is 1. The Morgan fingerprint density at radius 1 is 1.02 bits per heavy atom. The highest BCUT2D eigenvalue weighted by molar-refractivity contribution is 6.05. The van der Waals surface area contributed by atoms with Crippen LogP contribution in [0.25, 0.3) is 0 Å². The summed E-state index contributed by atoms with van der Waals surface area (Å²) in [4.78, 5) is 60.4. The molecule has 0 aromatic heterocycles. The first kappa shape index (κ1) is 37.7. The topological polar surface area (TPSA) is 125 Å². The van der Waals surface area contributed by atoms with Gasteiger partial charge in [0.25, 0.3) is 5.91 Å². The minimum Gasteiger partial charge on any atom is -0.463 e. The molecule has 10 heteroatoms. The Kier molecular flexibility index (Phi) is 11.6. The van der Waals surface area contributed by atoms with Crippen molar-refractivity contribution < 1.29 is 33.8 Å². The number of aliphatic hydroxyl groups excluding tert-OH is 1. The van der Waals surface area contributed by atoms with Crippen molar-refractivity contribution in [2.45, 2.75) is 75.8 Å². The van der Waals surface area contributed by atoms with Crippen LogP contribution in [0.2, 0.25) is 0 Å². The van der Waals surface area contributed by atoms with E-state index in [-0.39, 0.29) is 25.5 Å². The molecule has 0 unspecified atom stereocenters. The molecule has 0 radical (unpaired) electrons. The lowest BCUT2D eigenvalue weighted by Crippen LogP contribution is -2.59. The lowest BCUT2D eigenvalue weighted by molar-refractivity contribution is -0.146. The predicted octanol–water partition coefficient (Wildman–Crippen LogP) is 5.17. The number of rotatable bonds is 16. The van der Waals surface area contributed by atoms with Gasteiger partial charge in [-0.3, -0.25) is 19.2 Å². The molecule has 3 aliphatic heterocycles. The van der Waals surface area contributed by atoms with E-state index in [9.17, 15) is 14.7 Å². The second-order valence-electron chi connectivity index (χ2n) is 14.3. The van der Waals surface area contributed by atoms with Crippen LogP contribution in [0, 0.1) is 25.7 Å². The summed E-state index contributed by atoms with van der Waals surface area (Å²) in [7, 11) is 0. The SMILES string of the molecule is C=CCCC(=O)OC[C@@H](NC(=O)[C@@H]1[C@H]2C(=O)N([C@@H](CO)Cc3ccccc3)[C@H](C(=O)N(CC=C)c3c(C)cccc3C)[C@]23CC[C@H]1O3)c1ccccc1. The first-order valence-corrected chi connectivity index (χ1v) is 18.4. The highest BCUT2D eigenvalue weighted by Gasteiger charge is 2.75. The van der Waals surface area contributed by atoms with Crippen molar-refractivity contribution in [2.24, 2.45) is 11.8 Å². The molecule has 1 spiro atoms. The van der Waals surface area contributed by atoms with E-state index in [1.807, 2.05) is 92.7 Å². The van der Waals surface area contributed by atoms with Gasteiger partial charge in [0.05, 0.1) is 36.6 Å². The highest BCUT2D eigenvalue weighted by atomic mass is 16.5. The number of carbonyl (C=O) groups excluding carboxylic acids is 4. The fourth-order valence-corrected chi connectivity index (χ4v) is 8.64. The van der Waals surface area contributed by atoms with Crippen LogP contribution in [-0.2, 0) is 35.1 Å². The highest BCUT2D eigenvalue weighted by Crippen LogP contribution is 2.59. The first-order valence-electron chi connectivity index (χ1n) is 18.4. The number of aliphatic hydroxyl groups is 1. The molecule has 6 rings (SSSR count). The Morgan fingerprint density at radius 2 is 1.70 bits per heavy atom. The molecule has 7 atom stereocenters. The van der Waals surface area contributed by atoms with Gasteiger partial charge in [-0.1, -0.05) is 91.0 Å². The summed E-state index contributed by atoms with van der Waals surface area (Å²) in [6, 6.07) is 22.0. The number of fused-ring (bicyclic) bond motifs is 1. The molecule has 3 heterocycles. The van der Waals surface area contributed by atoms with Crippen LogP contribution in [0.3, 0.4) is 0 Å². The molecular weight excluding hydrogens is 670 g/mol. The molecular formula is C43H49N3O7. The third-order valence-electron chi connectivity index (χ3n) is 11.0. The van der Waals surface area contributed by atoms with E-state index in [0.29, 0.717) is 25.7 Å². The summed E-state index contributed by atoms with van der Waals surface area (Å²) in [6.07, 6.45) is 4.49. The average Bonchev–Trinajstić information content (AvgIpc) is 3.82. The number of nitrogens with one attached hydrogen (secondary N) is 1. The number of hydrogen-bond acceptors (Lipinski definition) is 7. The number of amides is 3. The second kappa shape index (κ2) is 16.3. The molecule has 3 amide bonds. The van der Waals surface area contributed by atoms with Gasteiger partial charge in [-0.05, 0) is 61.8 Å². The van der Waals surface area contributed by atoms with Crippen molar-refractivity contribution in [1.29, 1.82) is 0 Å². The average molecular weight is 720 g/mol. The van der Waals surface area contributed by atoms with Crippen molar-refractivity contribution in [3.05, 3.63) is 126 Å². The zero-order valence-electron chi connectivity index (χ0n) is 30.5. The lowest BCUT2D eigenvalue weighted by atomic mass is 9.70. The first-order chi connectivity index (χ1) is 25.6. The lowest BCUT2D eigenvalue weighted by Gasteiger charge is -2.40. The maximum Gasteiger partial charge on any atom is 0.306 e. The zero-order valence-corrected chi connectivity index (χ0v) is 30.5. The molecule has 3 saturated heterocycles. The van der Waals surface area contributed by atoms with Crippen LogP contribution in [0.15, 0.2) is 104 Å². The molecule has 3 aromatic rings. The van der Waals surface area contributed by atoms with Crippen LogP contribution >= 0.6 is 0 Å². The maximum absolute atomic E-state index is 15.2. The van der Waals surface area contributed by atoms with E-state index >= 15 is 9.59 Å².